The summed E-state index contributed by atoms with van der Waals surface area (Å²) in [5.74, 6) is -0.469. The molecule has 188 valence electrons. The monoisotopic (exact) mass is 534 g/mol. The number of carbonyl (C=O) groups is 1. The molecule has 10 nitrogen and oxygen atoms in total. The summed E-state index contributed by atoms with van der Waals surface area (Å²) in [6.45, 7) is 0.718. The van der Waals surface area contributed by atoms with Gasteiger partial charge < -0.3 is 20.7 Å². The SMILES string of the molecule is COc1cnc(C(=O)Nc2ccc(F)c(C34CN(c5ncc(F)cn5)CC3CSC(N)=N4)c2)cn1.Cl. The predicted octanol–water partition coefficient (Wildman–Crippen LogP) is 2.62. The van der Waals surface area contributed by atoms with Crippen LogP contribution < -0.4 is 20.7 Å². The van der Waals surface area contributed by atoms with Gasteiger partial charge >= 0.3 is 0 Å². The average Bonchev–Trinajstić information content (AvgIpc) is 3.25. The van der Waals surface area contributed by atoms with Crippen molar-refractivity contribution in [2.45, 2.75) is 5.54 Å². The van der Waals surface area contributed by atoms with Crippen LogP contribution in [-0.4, -0.2) is 57.0 Å². The van der Waals surface area contributed by atoms with Gasteiger partial charge in [0.15, 0.2) is 11.0 Å². The lowest BCUT2D eigenvalue weighted by atomic mass is 9.81. The molecule has 14 heteroatoms. The number of hydrogen-bond acceptors (Lipinski definition) is 10. The van der Waals surface area contributed by atoms with E-state index in [2.05, 4.69) is 25.3 Å². The van der Waals surface area contributed by atoms with Crippen molar-refractivity contribution in [2.75, 3.05) is 36.2 Å². The molecule has 2 aliphatic heterocycles. The summed E-state index contributed by atoms with van der Waals surface area (Å²) in [4.78, 5) is 35.3. The molecule has 0 aliphatic carbocycles. The summed E-state index contributed by atoms with van der Waals surface area (Å²) >= 11 is 1.39. The van der Waals surface area contributed by atoms with Gasteiger partial charge in [-0.15, -0.1) is 12.4 Å². The van der Waals surface area contributed by atoms with E-state index < -0.39 is 23.1 Å². The summed E-state index contributed by atoms with van der Waals surface area (Å²) in [6, 6.07) is 4.29. The summed E-state index contributed by atoms with van der Waals surface area (Å²) in [7, 11) is 1.45. The topological polar surface area (TPSA) is 132 Å². The number of ether oxygens (including phenoxy) is 1. The van der Waals surface area contributed by atoms with E-state index in [0.717, 1.165) is 12.4 Å². The first-order valence-electron chi connectivity index (χ1n) is 10.6. The number of rotatable bonds is 5. The Morgan fingerprint density at radius 2 is 1.97 bits per heavy atom. The maximum Gasteiger partial charge on any atom is 0.275 e. The number of thioether (sulfide) groups is 1. The highest BCUT2D eigenvalue weighted by Gasteiger charge is 2.52. The Morgan fingerprint density at radius 3 is 2.67 bits per heavy atom. The molecule has 2 aliphatic rings. The molecule has 3 N–H and O–H groups in total. The van der Waals surface area contributed by atoms with Crippen molar-refractivity contribution in [2.24, 2.45) is 16.6 Å². The van der Waals surface area contributed by atoms with E-state index in [1.807, 2.05) is 4.90 Å². The number of anilines is 2. The first kappa shape index (κ1) is 25.5. The van der Waals surface area contributed by atoms with Crippen LogP contribution in [0, 0.1) is 17.6 Å². The van der Waals surface area contributed by atoms with Crippen LogP contribution >= 0.6 is 24.2 Å². The molecule has 1 fully saturated rings. The summed E-state index contributed by atoms with van der Waals surface area (Å²) in [6.07, 6.45) is 4.79. The lowest BCUT2D eigenvalue weighted by Crippen LogP contribution is -2.40. The summed E-state index contributed by atoms with van der Waals surface area (Å²) < 4.78 is 33.6. The number of methoxy groups -OCH3 is 1. The van der Waals surface area contributed by atoms with Crippen LogP contribution in [0.25, 0.3) is 0 Å². The van der Waals surface area contributed by atoms with Crippen LogP contribution in [0.5, 0.6) is 5.88 Å². The number of nitrogens with one attached hydrogen (secondary N) is 1. The Labute approximate surface area is 215 Å². The molecule has 2 aromatic heterocycles. The second-order valence-electron chi connectivity index (χ2n) is 8.06. The fourth-order valence-electron chi connectivity index (χ4n) is 4.29. The third-order valence-corrected chi connectivity index (χ3v) is 6.90. The molecule has 3 aromatic rings. The van der Waals surface area contributed by atoms with Gasteiger partial charge in [0.2, 0.25) is 11.8 Å². The lowest BCUT2D eigenvalue weighted by molar-refractivity contribution is 0.102. The van der Waals surface area contributed by atoms with Gasteiger partial charge in [0, 0.05) is 29.5 Å². The van der Waals surface area contributed by atoms with Crippen LogP contribution in [0.2, 0.25) is 0 Å². The standard InChI is InChI=1S/C22H20F2N8O2S.ClH/c1-34-18-8-26-17(7-27-18)19(33)30-14-2-3-16(24)15(4-14)22-11-32(21-28-5-13(23)6-29-21)9-12(22)10-35-20(25)31-22;/h2-8,12H,9-11H2,1H3,(H2,25,31)(H,30,33);1H. The number of aromatic nitrogens is 4. The van der Waals surface area contributed by atoms with Crippen molar-refractivity contribution in [1.29, 1.82) is 0 Å². The molecule has 5 rings (SSSR count). The number of aliphatic imine (C=N–C) groups is 1. The summed E-state index contributed by atoms with van der Waals surface area (Å²) in [5.41, 5.74) is 5.77. The molecule has 36 heavy (non-hydrogen) atoms. The minimum atomic E-state index is -1.03. The van der Waals surface area contributed by atoms with E-state index in [-0.39, 0.29) is 42.0 Å². The molecule has 1 aromatic carbocycles. The van der Waals surface area contributed by atoms with Crippen molar-refractivity contribution in [3.05, 3.63) is 65.9 Å². The molecule has 4 heterocycles. The number of nitrogens with two attached hydrogens (primary N) is 1. The number of hydrogen-bond donors (Lipinski definition) is 2. The van der Waals surface area contributed by atoms with Crippen molar-refractivity contribution in [3.8, 4) is 5.88 Å². The predicted molar refractivity (Wildman–Crippen MR) is 134 cm³/mol. The average molecular weight is 535 g/mol. The number of amides is 1. The molecule has 0 saturated carbocycles. The van der Waals surface area contributed by atoms with E-state index in [4.69, 9.17) is 15.5 Å². The van der Waals surface area contributed by atoms with Gasteiger partial charge in [0.25, 0.3) is 5.91 Å². The van der Waals surface area contributed by atoms with Crippen molar-refractivity contribution < 1.29 is 18.3 Å². The number of amidine groups is 1. The number of benzene rings is 1. The van der Waals surface area contributed by atoms with Gasteiger partial charge in [-0.05, 0) is 18.2 Å². The zero-order valence-corrected chi connectivity index (χ0v) is 20.5. The highest BCUT2D eigenvalue weighted by atomic mass is 35.5. The zero-order chi connectivity index (χ0) is 24.6. The third-order valence-electron chi connectivity index (χ3n) is 5.94. The zero-order valence-electron chi connectivity index (χ0n) is 18.9. The third kappa shape index (κ3) is 4.75. The number of halogens is 3. The fourth-order valence-corrected chi connectivity index (χ4v) is 5.27. The maximum absolute atomic E-state index is 15.3. The second-order valence-corrected chi connectivity index (χ2v) is 9.10. The molecule has 1 amide bonds. The smallest absolute Gasteiger partial charge is 0.275 e. The number of fused-ring (bicyclic) bond motifs is 1. The Kier molecular flexibility index (Phi) is 7.22. The highest BCUT2D eigenvalue weighted by Crippen LogP contribution is 2.47. The fraction of sp³-hybridized carbons (Fsp3) is 0.273. The van der Waals surface area contributed by atoms with Gasteiger partial charge in [-0.25, -0.2) is 33.7 Å². The van der Waals surface area contributed by atoms with E-state index in [9.17, 15) is 9.18 Å². The molecule has 2 unspecified atom stereocenters. The summed E-state index contributed by atoms with van der Waals surface area (Å²) in [5, 5.41) is 3.06. The maximum atomic E-state index is 15.3. The van der Waals surface area contributed by atoms with Crippen LogP contribution in [0.1, 0.15) is 16.1 Å². The van der Waals surface area contributed by atoms with Crippen molar-refractivity contribution in [1.82, 2.24) is 19.9 Å². The first-order valence-corrected chi connectivity index (χ1v) is 11.5. The molecule has 0 bridgehead atoms. The van der Waals surface area contributed by atoms with Gasteiger partial charge in [-0.1, -0.05) is 11.8 Å². The Balaban J connectivity index is 0.00000304. The molecule has 2 atom stereocenters. The van der Waals surface area contributed by atoms with Gasteiger partial charge in [-0.3, -0.25) is 4.79 Å². The number of nitrogens with zero attached hydrogens (tertiary/aromatic N) is 6. The van der Waals surface area contributed by atoms with Crippen LogP contribution in [-0.2, 0) is 5.54 Å². The molecule has 0 radical (unpaired) electrons. The minimum Gasteiger partial charge on any atom is -0.480 e. The van der Waals surface area contributed by atoms with E-state index in [0.29, 0.717) is 29.1 Å². The van der Waals surface area contributed by atoms with Gasteiger partial charge in [0.1, 0.15) is 17.1 Å². The Bertz CT molecular complexity index is 1300. The van der Waals surface area contributed by atoms with E-state index in [1.165, 1.54) is 43.4 Å². The van der Waals surface area contributed by atoms with E-state index in [1.54, 1.807) is 6.07 Å². The normalized spacial score (nSPS) is 20.7. The highest BCUT2D eigenvalue weighted by molar-refractivity contribution is 8.13. The van der Waals surface area contributed by atoms with Crippen LogP contribution in [0.4, 0.5) is 20.4 Å². The Morgan fingerprint density at radius 1 is 1.19 bits per heavy atom. The number of carbonyl (C=O) groups excluding carboxylic acids is 1. The molecular formula is C22H21ClF2N8O2S. The van der Waals surface area contributed by atoms with E-state index >= 15 is 4.39 Å². The van der Waals surface area contributed by atoms with Gasteiger partial charge in [0.05, 0.1) is 38.4 Å². The lowest BCUT2D eigenvalue weighted by Gasteiger charge is -2.35. The van der Waals surface area contributed by atoms with Crippen LogP contribution in [0.15, 0.2) is 48.0 Å². The quantitative estimate of drug-likeness (QED) is 0.507. The molecule has 0 spiro atoms. The second kappa shape index (κ2) is 10.2. The Hall–Kier alpha value is -3.58. The van der Waals surface area contributed by atoms with Crippen LogP contribution in [0.3, 0.4) is 0 Å². The molecule has 1 saturated heterocycles. The van der Waals surface area contributed by atoms with Gasteiger partial charge in [-0.2, -0.15) is 0 Å². The molecular weight excluding hydrogens is 514 g/mol. The van der Waals surface area contributed by atoms with Crippen molar-refractivity contribution in [3.63, 3.8) is 0 Å². The van der Waals surface area contributed by atoms with Crippen molar-refractivity contribution >= 4 is 46.9 Å². The first-order chi connectivity index (χ1) is 16.9. The largest absolute Gasteiger partial charge is 0.480 e. The minimum absolute atomic E-state index is 0.